The average Bonchev–Trinajstić information content (AvgIpc) is 2.09. The first kappa shape index (κ1) is 10.5. The third-order valence-corrected chi connectivity index (χ3v) is 2.68. The van der Waals surface area contributed by atoms with Gasteiger partial charge in [-0.15, -0.1) is 0 Å². The lowest BCUT2D eigenvalue weighted by Gasteiger charge is -2.33. The van der Waals surface area contributed by atoms with Crippen LogP contribution in [0.15, 0.2) is 12.2 Å². The fourth-order valence-electron chi connectivity index (χ4n) is 1.97. The molecule has 2 heteroatoms. The Morgan fingerprint density at radius 3 is 2.69 bits per heavy atom. The van der Waals surface area contributed by atoms with Crippen molar-refractivity contribution in [3.63, 3.8) is 0 Å². The lowest BCUT2D eigenvalue weighted by Crippen LogP contribution is -2.40. The molecular weight excluding hydrogens is 160 g/mol. The number of hydrogen-bond acceptors (Lipinski definition) is 2. The molecule has 0 heterocycles. The molecule has 0 saturated heterocycles. The minimum Gasteiger partial charge on any atom is -0.305 e. The molecule has 74 valence electrons. The molecule has 0 fully saturated rings. The lowest BCUT2D eigenvalue weighted by molar-refractivity contribution is 0.184. The quantitative estimate of drug-likeness (QED) is 0.709. The van der Waals surface area contributed by atoms with Gasteiger partial charge in [0.1, 0.15) is 0 Å². The number of allylic oxidation sites excluding steroid dienone is 1. The first-order valence-corrected chi connectivity index (χ1v) is 5.16. The Morgan fingerprint density at radius 1 is 1.62 bits per heavy atom. The van der Waals surface area contributed by atoms with Crippen LogP contribution in [0, 0.1) is 5.41 Å². The molecule has 0 aliphatic heterocycles. The molecule has 0 bridgehead atoms. The summed E-state index contributed by atoms with van der Waals surface area (Å²) in [4.78, 5) is 2.48. The zero-order chi connectivity index (χ0) is 9.84. The van der Waals surface area contributed by atoms with E-state index in [0.717, 1.165) is 25.1 Å². The van der Waals surface area contributed by atoms with Crippen LogP contribution in [0.2, 0.25) is 0 Å². The zero-order valence-electron chi connectivity index (χ0n) is 8.88. The molecule has 0 aromatic carbocycles. The lowest BCUT2D eigenvalue weighted by atomic mass is 9.99. The normalized spacial score (nSPS) is 23.2. The molecule has 0 spiro atoms. The van der Waals surface area contributed by atoms with E-state index in [1.54, 1.807) is 0 Å². The predicted octanol–water partition coefficient (Wildman–Crippen LogP) is 2.46. The molecule has 13 heavy (non-hydrogen) atoms. The molecule has 1 aliphatic carbocycles. The van der Waals surface area contributed by atoms with Gasteiger partial charge in [0.05, 0.1) is 0 Å². The van der Waals surface area contributed by atoms with E-state index in [1.165, 1.54) is 0 Å². The SMILES string of the molecule is CCN(C(C)C)C1C=CC(=N)CC1. The number of nitrogens with zero attached hydrogens (tertiary/aromatic N) is 1. The van der Waals surface area contributed by atoms with E-state index < -0.39 is 0 Å². The van der Waals surface area contributed by atoms with E-state index in [4.69, 9.17) is 5.41 Å². The van der Waals surface area contributed by atoms with Crippen molar-refractivity contribution in [2.75, 3.05) is 6.54 Å². The van der Waals surface area contributed by atoms with Crippen molar-refractivity contribution in [1.82, 2.24) is 4.90 Å². The van der Waals surface area contributed by atoms with Crippen molar-refractivity contribution in [3.05, 3.63) is 12.2 Å². The molecule has 1 rings (SSSR count). The van der Waals surface area contributed by atoms with Gasteiger partial charge in [0.2, 0.25) is 0 Å². The van der Waals surface area contributed by atoms with Crippen LogP contribution in [-0.4, -0.2) is 29.2 Å². The first-order chi connectivity index (χ1) is 6.15. The number of hydrogen-bond donors (Lipinski definition) is 1. The van der Waals surface area contributed by atoms with Crippen LogP contribution in [-0.2, 0) is 0 Å². The van der Waals surface area contributed by atoms with Crippen LogP contribution < -0.4 is 0 Å². The molecule has 1 unspecified atom stereocenters. The van der Waals surface area contributed by atoms with Crippen molar-refractivity contribution in [2.24, 2.45) is 0 Å². The van der Waals surface area contributed by atoms with Crippen molar-refractivity contribution in [1.29, 1.82) is 5.41 Å². The van der Waals surface area contributed by atoms with Crippen molar-refractivity contribution in [2.45, 2.75) is 45.7 Å². The maximum atomic E-state index is 7.48. The van der Waals surface area contributed by atoms with Crippen LogP contribution >= 0.6 is 0 Å². The topological polar surface area (TPSA) is 27.1 Å². The summed E-state index contributed by atoms with van der Waals surface area (Å²) in [5.41, 5.74) is 0.774. The zero-order valence-corrected chi connectivity index (χ0v) is 8.88. The smallest absolute Gasteiger partial charge is 0.0312 e. The maximum Gasteiger partial charge on any atom is 0.0312 e. The summed E-state index contributed by atoms with van der Waals surface area (Å²) in [6.07, 6.45) is 6.18. The Bertz CT molecular complexity index is 206. The second-order valence-corrected chi connectivity index (χ2v) is 3.91. The van der Waals surface area contributed by atoms with E-state index in [1.807, 2.05) is 6.08 Å². The third-order valence-electron chi connectivity index (χ3n) is 2.68. The molecular formula is C11H20N2. The Hall–Kier alpha value is -0.630. The molecule has 0 aromatic rings. The van der Waals surface area contributed by atoms with E-state index in [2.05, 4.69) is 31.7 Å². The Balaban J connectivity index is 2.60. The average molecular weight is 180 g/mol. The molecule has 0 radical (unpaired) electrons. The standard InChI is InChI=1S/C11H20N2/c1-4-13(9(2)3)11-7-5-10(12)6-8-11/h5,7,9,11-12H,4,6,8H2,1-3H3. The molecule has 0 saturated carbocycles. The Morgan fingerprint density at radius 2 is 2.31 bits per heavy atom. The highest BCUT2D eigenvalue weighted by molar-refractivity contribution is 5.93. The van der Waals surface area contributed by atoms with E-state index in [0.29, 0.717) is 12.1 Å². The summed E-state index contributed by atoms with van der Waals surface area (Å²) in [7, 11) is 0. The van der Waals surface area contributed by atoms with E-state index in [9.17, 15) is 0 Å². The molecule has 1 N–H and O–H groups in total. The summed E-state index contributed by atoms with van der Waals surface area (Å²) in [6.45, 7) is 7.77. The van der Waals surface area contributed by atoms with Gasteiger partial charge in [-0.25, -0.2) is 0 Å². The second kappa shape index (κ2) is 4.56. The molecule has 2 nitrogen and oxygen atoms in total. The predicted molar refractivity (Wildman–Crippen MR) is 57.4 cm³/mol. The minimum absolute atomic E-state index is 0.555. The van der Waals surface area contributed by atoms with Crippen LogP contribution in [0.3, 0.4) is 0 Å². The van der Waals surface area contributed by atoms with Gasteiger partial charge in [-0.1, -0.05) is 13.0 Å². The third kappa shape index (κ3) is 2.66. The highest BCUT2D eigenvalue weighted by Crippen LogP contribution is 2.16. The van der Waals surface area contributed by atoms with Crippen molar-refractivity contribution in [3.8, 4) is 0 Å². The fourth-order valence-corrected chi connectivity index (χ4v) is 1.97. The summed E-state index contributed by atoms with van der Waals surface area (Å²) < 4.78 is 0. The van der Waals surface area contributed by atoms with Gasteiger partial charge < -0.3 is 5.41 Å². The van der Waals surface area contributed by atoms with E-state index in [-0.39, 0.29) is 0 Å². The van der Waals surface area contributed by atoms with Crippen LogP contribution in [0.25, 0.3) is 0 Å². The van der Waals surface area contributed by atoms with Gasteiger partial charge in [-0.2, -0.15) is 0 Å². The van der Waals surface area contributed by atoms with Gasteiger partial charge >= 0.3 is 0 Å². The summed E-state index contributed by atoms with van der Waals surface area (Å²) in [6, 6.07) is 1.16. The van der Waals surface area contributed by atoms with Crippen LogP contribution in [0.1, 0.15) is 33.6 Å². The summed E-state index contributed by atoms with van der Waals surface area (Å²) >= 11 is 0. The molecule has 0 aromatic heterocycles. The van der Waals surface area contributed by atoms with Gasteiger partial charge in [0.15, 0.2) is 0 Å². The Kier molecular flexibility index (Phi) is 3.67. The monoisotopic (exact) mass is 180 g/mol. The van der Waals surface area contributed by atoms with E-state index >= 15 is 0 Å². The minimum atomic E-state index is 0.555. The van der Waals surface area contributed by atoms with Crippen molar-refractivity contribution < 1.29 is 0 Å². The van der Waals surface area contributed by atoms with Crippen LogP contribution in [0.5, 0.6) is 0 Å². The van der Waals surface area contributed by atoms with Gasteiger partial charge in [-0.05, 0) is 39.3 Å². The second-order valence-electron chi connectivity index (χ2n) is 3.91. The summed E-state index contributed by atoms with van der Waals surface area (Å²) in [5.74, 6) is 0. The molecule has 1 aliphatic rings. The number of nitrogens with one attached hydrogen (secondary N) is 1. The van der Waals surface area contributed by atoms with Gasteiger partial charge in [0.25, 0.3) is 0 Å². The van der Waals surface area contributed by atoms with Gasteiger partial charge in [0, 0.05) is 17.8 Å². The number of likely N-dealkylation sites (N-methyl/N-ethyl adjacent to an activating group) is 1. The number of rotatable bonds is 3. The summed E-state index contributed by atoms with van der Waals surface area (Å²) in [5, 5.41) is 7.48. The highest BCUT2D eigenvalue weighted by atomic mass is 15.2. The molecule has 0 amide bonds. The fraction of sp³-hybridized carbons (Fsp3) is 0.727. The largest absolute Gasteiger partial charge is 0.305 e. The van der Waals surface area contributed by atoms with Gasteiger partial charge in [-0.3, -0.25) is 4.90 Å². The highest BCUT2D eigenvalue weighted by Gasteiger charge is 2.19. The van der Waals surface area contributed by atoms with Crippen molar-refractivity contribution >= 4 is 5.71 Å². The molecule has 1 atom stereocenters. The van der Waals surface area contributed by atoms with Crippen LogP contribution in [0.4, 0.5) is 0 Å². The maximum absolute atomic E-state index is 7.48. The Labute approximate surface area is 81.1 Å². The first-order valence-electron chi connectivity index (χ1n) is 5.16.